The first kappa shape index (κ1) is 18.5. The lowest BCUT2D eigenvalue weighted by Gasteiger charge is -2.23. The van der Waals surface area contributed by atoms with Gasteiger partial charge in [-0.3, -0.25) is 9.59 Å². The lowest BCUT2D eigenvalue weighted by Crippen LogP contribution is -2.38. The minimum atomic E-state index is 0.0325. The Balaban J connectivity index is 1.57. The van der Waals surface area contributed by atoms with Crippen LogP contribution in [0.1, 0.15) is 34.1 Å². The first-order chi connectivity index (χ1) is 12.5. The standard InChI is InChI=1S/C20H25N3O2S/c1-14-9-11-26-19(14)12-21-17-6-4-16(5-7-17)20(25)23-10-8-18(13-23)22(3)15(2)24/h4-7,9,11,18,21H,8,10,12-13H2,1-3H3/t18-/m1/s1. The van der Waals surface area contributed by atoms with Crippen LogP contribution < -0.4 is 5.32 Å². The number of rotatable bonds is 5. The van der Waals surface area contributed by atoms with Crippen LogP contribution in [0.25, 0.3) is 0 Å². The van der Waals surface area contributed by atoms with E-state index in [2.05, 4.69) is 23.7 Å². The van der Waals surface area contributed by atoms with Crippen molar-refractivity contribution in [3.8, 4) is 0 Å². The number of likely N-dealkylation sites (tertiary alicyclic amines) is 1. The van der Waals surface area contributed by atoms with Crippen LogP contribution in [0.3, 0.4) is 0 Å². The number of benzene rings is 1. The van der Waals surface area contributed by atoms with Crippen molar-refractivity contribution in [3.63, 3.8) is 0 Å². The summed E-state index contributed by atoms with van der Waals surface area (Å²) >= 11 is 1.75. The number of nitrogens with one attached hydrogen (secondary N) is 1. The molecule has 3 rings (SSSR count). The van der Waals surface area contributed by atoms with Crippen LogP contribution in [0.2, 0.25) is 0 Å². The molecule has 0 radical (unpaired) electrons. The summed E-state index contributed by atoms with van der Waals surface area (Å²) < 4.78 is 0. The van der Waals surface area contributed by atoms with Gasteiger partial charge in [0, 0.05) is 49.7 Å². The van der Waals surface area contributed by atoms with E-state index in [1.165, 1.54) is 10.4 Å². The molecule has 1 aromatic carbocycles. The third-order valence-corrected chi connectivity index (χ3v) is 6.07. The lowest BCUT2D eigenvalue weighted by molar-refractivity contribution is -0.129. The van der Waals surface area contributed by atoms with Crippen LogP contribution in [0.15, 0.2) is 35.7 Å². The van der Waals surface area contributed by atoms with Crippen molar-refractivity contribution in [1.82, 2.24) is 9.80 Å². The summed E-state index contributed by atoms with van der Waals surface area (Å²) in [5.41, 5.74) is 2.99. The SMILES string of the molecule is CC(=O)N(C)[C@@H]1CCN(C(=O)c2ccc(NCc3sccc3C)cc2)C1. The number of hydrogen-bond acceptors (Lipinski definition) is 4. The normalized spacial score (nSPS) is 16.6. The van der Waals surface area contributed by atoms with Crippen molar-refractivity contribution in [1.29, 1.82) is 0 Å². The summed E-state index contributed by atoms with van der Waals surface area (Å²) in [5.74, 6) is 0.0748. The number of likely N-dealkylation sites (N-methyl/N-ethyl adjacent to an activating group) is 1. The summed E-state index contributed by atoms with van der Waals surface area (Å²) in [6.45, 7) is 5.77. The number of anilines is 1. The van der Waals surface area contributed by atoms with E-state index in [0.29, 0.717) is 18.7 Å². The summed E-state index contributed by atoms with van der Waals surface area (Å²) in [5, 5.41) is 5.50. The summed E-state index contributed by atoms with van der Waals surface area (Å²) in [6, 6.07) is 9.88. The van der Waals surface area contributed by atoms with Gasteiger partial charge in [-0.05, 0) is 54.6 Å². The van der Waals surface area contributed by atoms with Crippen molar-refractivity contribution in [3.05, 3.63) is 51.7 Å². The number of carbonyl (C=O) groups excluding carboxylic acids is 2. The van der Waals surface area contributed by atoms with E-state index in [1.54, 1.807) is 30.2 Å². The zero-order valence-electron chi connectivity index (χ0n) is 15.5. The summed E-state index contributed by atoms with van der Waals surface area (Å²) in [7, 11) is 1.80. The fourth-order valence-corrected chi connectivity index (χ4v) is 4.03. The molecule has 0 bridgehead atoms. The zero-order valence-corrected chi connectivity index (χ0v) is 16.3. The van der Waals surface area contributed by atoms with Gasteiger partial charge < -0.3 is 15.1 Å². The molecule has 0 unspecified atom stereocenters. The predicted molar refractivity (Wildman–Crippen MR) is 106 cm³/mol. The highest BCUT2D eigenvalue weighted by atomic mass is 32.1. The first-order valence-electron chi connectivity index (χ1n) is 8.85. The van der Waals surface area contributed by atoms with Crippen molar-refractivity contribution in [2.24, 2.45) is 0 Å². The predicted octanol–water partition coefficient (Wildman–Crippen LogP) is 3.36. The van der Waals surface area contributed by atoms with Crippen molar-refractivity contribution >= 4 is 28.8 Å². The zero-order chi connectivity index (χ0) is 18.7. The minimum Gasteiger partial charge on any atom is -0.380 e. The van der Waals surface area contributed by atoms with Gasteiger partial charge in [-0.25, -0.2) is 0 Å². The van der Waals surface area contributed by atoms with Gasteiger partial charge in [0.1, 0.15) is 0 Å². The number of nitrogens with zero attached hydrogens (tertiary/aromatic N) is 2. The Morgan fingerprint density at radius 1 is 1.27 bits per heavy atom. The maximum atomic E-state index is 12.7. The van der Waals surface area contributed by atoms with Crippen molar-refractivity contribution < 1.29 is 9.59 Å². The second-order valence-electron chi connectivity index (χ2n) is 6.78. The molecule has 1 saturated heterocycles. The molecule has 26 heavy (non-hydrogen) atoms. The third-order valence-electron chi connectivity index (χ3n) is 5.05. The Morgan fingerprint density at radius 2 is 2.00 bits per heavy atom. The molecule has 1 fully saturated rings. The van der Waals surface area contributed by atoms with Crippen LogP contribution in [0.4, 0.5) is 5.69 Å². The summed E-state index contributed by atoms with van der Waals surface area (Å²) in [4.78, 5) is 29.1. The number of thiophene rings is 1. The monoisotopic (exact) mass is 371 g/mol. The van der Waals surface area contributed by atoms with E-state index in [4.69, 9.17) is 0 Å². The number of amides is 2. The molecule has 2 heterocycles. The van der Waals surface area contributed by atoms with Crippen molar-refractivity contribution in [2.45, 2.75) is 32.9 Å². The van der Waals surface area contributed by atoms with Crippen LogP contribution in [0.5, 0.6) is 0 Å². The number of aryl methyl sites for hydroxylation is 1. The molecule has 0 saturated carbocycles. The van der Waals surface area contributed by atoms with Crippen LogP contribution in [-0.4, -0.2) is 47.8 Å². The fourth-order valence-electron chi connectivity index (χ4n) is 3.18. The molecular formula is C20H25N3O2S. The Labute approximate surface area is 158 Å². The second kappa shape index (κ2) is 7.91. The average molecular weight is 372 g/mol. The number of hydrogen-bond donors (Lipinski definition) is 1. The third kappa shape index (κ3) is 4.07. The van der Waals surface area contributed by atoms with E-state index >= 15 is 0 Å². The van der Waals surface area contributed by atoms with Crippen molar-refractivity contribution in [2.75, 3.05) is 25.5 Å². The quantitative estimate of drug-likeness (QED) is 0.877. The highest BCUT2D eigenvalue weighted by molar-refractivity contribution is 7.10. The van der Waals surface area contributed by atoms with Gasteiger partial charge in [-0.15, -0.1) is 11.3 Å². The molecule has 1 atom stereocenters. The van der Waals surface area contributed by atoms with Gasteiger partial charge in [0.05, 0.1) is 6.04 Å². The Kier molecular flexibility index (Phi) is 5.61. The van der Waals surface area contributed by atoms with Gasteiger partial charge in [0.2, 0.25) is 5.91 Å². The van der Waals surface area contributed by atoms with Crippen LogP contribution in [-0.2, 0) is 11.3 Å². The van der Waals surface area contributed by atoms with E-state index in [0.717, 1.165) is 18.7 Å². The molecule has 5 nitrogen and oxygen atoms in total. The molecule has 0 aliphatic carbocycles. The Bertz CT molecular complexity index is 785. The van der Waals surface area contributed by atoms with E-state index in [9.17, 15) is 9.59 Å². The van der Waals surface area contributed by atoms with Gasteiger partial charge in [0.25, 0.3) is 5.91 Å². The highest BCUT2D eigenvalue weighted by Gasteiger charge is 2.30. The lowest BCUT2D eigenvalue weighted by atomic mass is 10.2. The molecule has 2 aromatic rings. The van der Waals surface area contributed by atoms with Gasteiger partial charge >= 0.3 is 0 Å². The molecule has 2 amide bonds. The summed E-state index contributed by atoms with van der Waals surface area (Å²) in [6.07, 6.45) is 0.835. The Morgan fingerprint density at radius 3 is 2.62 bits per heavy atom. The molecule has 6 heteroatoms. The smallest absolute Gasteiger partial charge is 0.253 e. The molecule has 138 valence electrons. The fraction of sp³-hybridized carbons (Fsp3) is 0.400. The largest absolute Gasteiger partial charge is 0.380 e. The maximum Gasteiger partial charge on any atom is 0.253 e. The van der Waals surface area contributed by atoms with E-state index in [1.807, 2.05) is 29.2 Å². The molecule has 1 aromatic heterocycles. The van der Waals surface area contributed by atoms with Crippen LogP contribution >= 0.6 is 11.3 Å². The van der Waals surface area contributed by atoms with Gasteiger partial charge in [-0.2, -0.15) is 0 Å². The Hall–Kier alpha value is -2.34. The molecule has 1 N–H and O–H groups in total. The molecule has 1 aliphatic rings. The molecular weight excluding hydrogens is 346 g/mol. The van der Waals surface area contributed by atoms with Gasteiger partial charge in [0.15, 0.2) is 0 Å². The van der Waals surface area contributed by atoms with E-state index in [-0.39, 0.29) is 17.9 Å². The molecule has 0 spiro atoms. The number of carbonyl (C=O) groups is 2. The first-order valence-corrected chi connectivity index (χ1v) is 9.73. The minimum absolute atomic E-state index is 0.0325. The maximum absolute atomic E-state index is 12.7. The van der Waals surface area contributed by atoms with Gasteiger partial charge in [-0.1, -0.05) is 0 Å². The topological polar surface area (TPSA) is 52.7 Å². The van der Waals surface area contributed by atoms with Crippen LogP contribution in [0, 0.1) is 6.92 Å². The highest BCUT2D eigenvalue weighted by Crippen LogP contribution is 2.20. The molecule has 1 aliphatic heterocycles. The van der Waals surface area contributed by atoms with E-state index < -0.39 is 0 Å². The average Bonchev–Trinajstić information content (AvgIpc) is 3.28. The second-order valence-corrected chi connectivity index (χ2v) is 7.78.